The molecule has 1 unspecified atom stereocenters. The summed E-state index contributed by atoms with van der Waals surface area (Å²) in [5.41, 5.74) is 8.42. The molecule has 0 spiro atoms. The summed E-state index contributed by atoms with van der Waals surface area (Å²) in [7, 11) is 1.68. The molecule has 0 aliphatic rings. The Morgan fingerprint density at radius 1 is 1.44 bits per heavy atom. The van der Waals surface area contributed by atoms with Crippen molar-refractivity contribution < 1.29 is 10.0 Å². The van der Waals surface area contributed by atoms with Crippen molar-refractivity contribution in [3.05, 3.63) is 29.3 Å². The zero-order valence-corrected chi connectivity index (χ0v) is 11.1. The second-order valence-corrected chi connectivity index (χ2v) is 4.43. The Labute approximate surface area is 107 Å². The van der Waals surface area contributed by atoms with Crippen molar-refractivity contribution in [3.63, 3.8) is 0 Å². The van der Waals surface area contributed by atoms with E-state index >= 15 is 0 Å². The van der Waals surface area contributed by atoms with Gasteiger partial charge in [-0.2, -0.15) is 0 Å². The summed E-state index contributed by atoms with van der Waals surface area (Å²) in [6.07, 6.45) is 0. The standard InChI is InChI=1S/C13H19N3O2/c1-8-5-6-11(9(2)7-8)16(4)13(17)10(3)12(14)15-18/h5-7,10,18H,1-4H3,(H2,14,15). The lowest BCUT2D eigenvalue weighted by Gasteiger charge is -2.22. The zero-order chi connectivity index (χ0) is 13.9. The fourth-order valence-corrected chi connectivity index (χ4v) is 1.80. The molecule has 0 saturated carbocycles. The number of benzene rings is 1. The summed E-state index contributed by atoms with van der Waals surface area (Å²) in [6.45, 7) is 5.55. The molecule has 0 aromatic heterocycles. The van der Waals surface area contributed by atoms with Crippen molar-refractivity contribution in [1.82, 2.24) is 0 Å². The van der Waals surface area contributed by atoms with Gasteiger partial charge in [-0.25, -0.2) is 0 Å². The van der Waals surface area contributed by atoms with Crippen molar-refractivity contribution in [3.8, 4) is 0 Å². The fourth-order valence-electron chi connectivity index (χ4n) is 1.80. The first-order chi connectivity index (χ1) is 8.38. The van der Waals surface area contributed by atoms with Gasteiger partial charge in [0, 0.05) is 12.7 Å². The number of hydrogen-bond donors (Lipinski definition) is 2. The lowest BCUT2D eigenvalue weighted by atomic mass is 10.1. The quantitative estimate of drug-likeness (QED) is 0.370. The highest BCUT2D eigenvalue weighted by atomic mass is 16.4. The molecule has 1 amide bonds. The summed E-state index contributed by atoms with van der Waals surface area (Å²) in [5, 5.41) is 11.5. The average molecular weight is 249 g/mol. The van der Waals surface area contributed by atoms with Crippen LogP contribution < -0.4 is 10.6 Å². The maximum Gasteiger partial charge on any atom is 0.237 e. The first kappa shape index (κ1) is 14.0. The third-order valence-corrected chi connectivity index (χ3v) is 2.97. The van der Waals surface area contributed by atoms with Gasteiger partial charge in [-0.3, -0.25) is 4.79 Å². The summed E-state index contributed by atoms with van der Waals surface area (Å²) >= 11 is 0. The maximum atomic E-state index is 12.1. The van der Waals surface area contributed by atoms with Gasteiger partial charge in [0.1, 0.15) is 0 Å². The molecule has 5 nitrogen and oxygen atoms in total. The number of hydrogen-bond acceptors (Lipinski definition) is 3. The smallest absolute Gasteiger partial charge is 0.237 e. The van der Waals surface area contributed by atoms with Crippen LogP contribution in [0.2, 0.25) is 0 Å². The van der Waals surface area contributed by atoms with Crippen LogP contribution in [0.3, 0.4) is 0 Å². The van der Waals surface area contributed by atoms with Gasteiger partial charge < -0.3 is 15.8 Å². The van der Waals surface area contributed by atoms with E-state index in [-0.39, 0.29) is 11.7 Å². The molecule has 0 aliphatic carbocycles. The Morgan fingerprint density at radius 2 is 2.06 bits per heavy atom. The zero-order valence-electron chi connectivity index (χ0n) is 11.1. The molecular weight excluding hydrogens is 230 g/mol. The summed E-state index contributed by atoms with van der Waals surface area (Å²) in [4.78, 5) is 13.7. The van der Waals surface area contributed by atoms with Crippen LogP contribution in [-0.2, 0) is 4.79 Å². The Morgan fingerprint density at radius 3 is 2.56 bits per heavy atom. The summed E-state index contributed by atoms with van der Waals surface area (Å²) in [6, 6.07) is 5.84. The highest BCUT2D eigenvalue weighted by Gasteiger charge is 2.23. The lowest BCUT2D eigenvalue weighted by Crippen LogP contribution is -2.38. The average Bonchev–Trinajstić information content (AvgIpc) is 2.35. The first-order valence-electron chi connectivity index (χ1n) is 5.70. The summed E-state index contributed by atoms with van der Waals surface area (Å²) < 4.78 is 0. The van der Waals surface area contributed by atoms with Crippen LogP contribution in [0.1, 0.15) is 18.1 Å². The monoisotopic (exact) mass is 249 g/mol. The molecule has 18 heavy (non-hydrogen) atoms. The minimum atomic E-state index is -0.652. The Balaban J connectivity index is 3.00. The molecule has 3 N–H and O–H groups in total. The van der Waals surface area contributed by atoms with Gasteiger partial charge in [0.25, 0.3) is 0 Å². The van der Waals surface area contributed by atoms with Crippen molar-refractivity contribution in [2.75, 3.05) is 11.9 Å². The number of carbonyl (C=O) groups excluding carboxylic acids is 1. The van der Waals surface area contributed by atoms with E-state index < -0.39 is 5.92 Å². The predicted molar refractivity (Wildman–Crippen MR) is 71.9 cm³/mol. The van der Waals surface area contributed by atoms with E-state index in [2.05, 4.69) is 5.16 Å². The number of aryl methyl sites for hydroxylation is 2. The van der Waals surface area contributed by atoms with Gasteiger partial charge >= 0.3 is 0 Å². The topological polar surface area (TPSA) is 78.9 Å². The molecule has 0 saturated heterocycles. The third kappa shape index (κ3) is 2.80. The minimum Gasteiger partial charge on any atom is -0.409 e. The third-order valence-electron chi connectivity index (χ3n) is 2.97. The van der Waals surface area contributed by atoms with Crippen LogP contribution in [0.4, 0.5) is 5.69 Å². The summed E-state index contributed by atoms with van der Waals surface area (Å²) in [5.74, 6) is -0.949. The molecule has 1 aromatic carbocycles. The first-order valence-corrected chi connectivity index (χ1v) is 5.70. The Hall–Kier alpha value is -2.04. The second kappa shape index (κ2) is 5.53. The van der Waals surface area contributed by atoms with Crippen LogP contribution in [0.5, 0.6) is 0 Å². The van der Waals surface area contributed by atoms with Crippen molar-refractivity contribution in [1.29, 1.82) is 0 Å². The predicted octanol–water partition coefficient (Wildman–Crippen LogP) is 1.65. The molecule has 0 radical (unpaired) electrons. The molecule has 5 heteroatoms. The van der Waals surface area contributed by atoms with Gasteiger partial charge in [-0.15, -0.1) is 0 Å². The number of rotatable bonds is 3. The highest BCUT2D eigenvalue weighted by molar-refractivity contribution is 6.08. The maximum absolute atomic E-state index is 12.1. The molecule has 98 valence electrons. The van der Waals surface area contributed by atoms with Crippen LogP contribution in [0.15, 0.2) is 23.4 Å². The largest absolute Gasteiger partial charge is 0.409 e. The number of nitrogens with zero attached hydrogens (tertiary/aromatic N) is 2. The minimum absolute atomic E-state index is 0.0865. The van der Waals surface area contributed by atoms with E-state index in [4.69, 9.17) is 10.9 Å². The van der Waals surface area contributed by atoms with Gasteiger partial charge in [0.15, 0.2) is 5.84 Å². The van der Waals surface area contributed by atoms with Crippen molar-refractivity contribution in [2.45, 2.75) is 20.8 Å². The molecule has 1 aromatic rings. The van der Waals surface area contributed by atoms with Gasteiger partial charge in [0.05, 0.1) is 5.92 Å². The van der Waals surface area contributed by atoms with Crippen molar-refractivity contribution >= 4 is 17.4 Å². The number of amides is 1. The van der Waals surface area contributed by atoms with Gasteiger partial charge in [-0.1, -0.05) is 22.9 Å². The van der Waals surface area contributed by atoms with E-state index in [0.29, 0.717) is 0 Å². The van der Waals surface area contributed by atoms with Crippen LogP contribution in [0, 0.1) is 19.8 Å². The normalized spacial score (nSPS) is 13.2. The number of oxime groups is 1. The van der Waals surface area contributed by atoms with Crippen LogP contribution in [-0.4, -0.2) is 24.0 Å². The Bertz CT molecular complexity index is 483. The van der Waals surface area contributed by atoms with Crippen molar-refractivity contribution in [2.24, 2.45) is 16.8 Å². The molecule has 0 bridgehead atoms. The SMILES string of the molecule is Cc1ccc(N(C)C(=O)C(C)C(N)=NO)c(C)c1. The fraction of sp³-hybridized carbons (Fsp3) is 0.385. The lowest BCUT2D eigenvalue weighted by molar-refractivity contribution is -0.119. The van der Waals surface area contributed by atoms with Gasteiger partial charge in [0.2, 0.25) is 5.91 Å². The van der Waals surface area contributed by atoms with Crippen LogP contribution >= 0.6 is 0 Å². The molecule has 1 rings (SSSR count). The second-order valence-electron chi connectivity index (χ2n) is 4.43. The highest BCUT2D eigenvalue weighted by Crippen LogP contribution is 2.21. The van der Waals surface area contributed by atoms with E-state index in [0.717, 1.165) is 16.8 Å². The molecule has 0 heterocycles. The number of nitrogens with two attached hydrogens (primary N) is 1. The molecule has 0 aliphatic heterocycles. The van der Waals surface area contributed by atoms with E-state index in [9.17, 15) is 4.79 Å². The van der Waals surface area contributed by atoms with Gasteiger partial charge in [-0.05, 0) is 32.4 Å². The van der Waals surface area contributed by atoms with Crippen LogP contribution in [0.25, 0.3) is 0 Å². The number of anilines is 1. The molecule has 0 fully saturated rings. The molecular formula is C13H19N3O2. The Kier molecular flexibility index (Phi) is 4.31. The number of carbonyl (C=O) groups is 1. The van der Waals surface area contributed by atoms with E-state index in [1.54, 1.807) is 14.0 Å². The van der Waals surface area contributed by atoms with E-state index in [1.165, 1.54) is 4.90 Å². The molecule has 1 atom stereocenters. The number of amidine groups is 1. The van der Waals surface area contributed by atoms with E-state index in [1.807, 2.05) is 32.0 Å².